The zero-order valence-electron chi connectivity index (χ0n) is 12.4. The van der Waals surface area contributed by atoms with Crippen LogP contribution in [0.1, 0.15) is 27.7 Å². The Labute approximate surface area is 124 Å². The number of amides is 1. The van der Waals surface area contributed by atoms with Crippen LogP contribution in [0.3, 0.4) is 0 Å². The topological polar surface area (TPSA) is 71.5 Å². The lowest BCUT2D eigenvalue weighted by molar-refractivity contribution is 0.1000. The quantitative estimate of drug-likeness (QED) is 0.814. The van der Waals surface area contributed by atoms with E-state index in [9.17, 15) is 4.79 Å². The molecule has 0 radical (unpaired) electrons. The molecule has 112 valence electrons. The van der Waals surface area contributed by atoms with E-state index in [-0.39, 0.29) is 6.04 Å². The molecule has 0 spiro atoms. The second-order valence-corrected chi connectivity index (χ2v) is 5.19. The van der Waals surface area contributed by atoms with Gasteiger partial charge in [-0.2, -0.15) is 0 Å². The molecular formula is C16H21N3O2. The van der Waals surface area contributed by atoms with Crippen LogP contribution in [0.15, 0.2) is 47.1 Å². The van der Waals surface area contributed by atoms with Gasteiger partial charge in [0.05, 0.1) is 12.3 Å². The monoisotopic (exact) mass is 287 g/mol. The van der Waals surface area contributed by atoms with Crippen molar-refractivity contribution in [3.05, 3.63) is 59.5 Å². The van der Waals surface area contributed by atoms with Gasteiger partial charge in [0.25, 0.3) is 0 Å². The molecule has 2 aromatic rings. The number of furan rings is 1. The summed E-state index contributed by atoms with van der Waals surface area (Å²) in [4.78, 5) is 13.3. The van der Waals surface area contributed by atoms with Crippen LogP contribution in [-0.2, 0) is 6.54 Å². The fraction of sp³-hybridized carbons (Fsp3) is 0.312. The molecule has 0 saturated carbocycles. The molecule has 3 N–H and O–H groups in total. The molecule has 0 saturated heterocycles. The lowest BCUT2D eigenvalue weighted by Crippen LogP contribution is -2.30. The Morgan fingerprint density at radius 3 is 2.76 bits per heavy atom. The molecule has 5 heteroatoms. The maximum Gasteiger partial charge on any atom is 0.248 e. The first-order valence-corrected chi connectivity index (χ1v) is 6.87. The van der Waals surface area contributed by atoms with Crippen molar-refractivity contribution < 1.29 is 9.21 Å². The highest BCUT2D eigenvalue weighted by molar-refractivity contribution is 5.92. The Morgan fingerprint density at radius 2 is 2.14 bits per heavy atom. The van der Waals surface area contributed by atoms with Gasteiger partial charge in [-0.3, -0.25) is 9.69 Å². The summed E-state index contributed by atoms with van der Waals surface area (Å²) < 4.78 is 5.47. The summed E-state index contributed by atoms with van der Waals surface area (Å²) in [6.45, 7) is 1.42. The molecule has 1 amide bonds. The average Bonchev–Trinajstić information content (AvgIpc) is 2.97. The third kappa shape index (κ3) is 4.18. The fourth-order valence-electron chi connectivity index (χ4n) is 2.21. The van der Waals surface area contributed by atoms with Crippen molar-refractivity contribution in [1.82, 2.24) is 10.2 Å². The minimum atomic E-state index is -0.404. The van der Waals surface area contributed by atoms with E-state index < -0.39 is 5.91 Å². The average molecular weight is 287 g/mol. The normalized spacial score (nSPS) is 12.5. The maximum absolute atomic E-state index is 11.2. The number of nitrogens with zero attached hydrogens (tertiary/aromatic N) is 1. The van der Waals surface area contributed by atoms with E-state index in [2.05, 4.69) is 10.2 Å². The van der Waals surface area contributed by atoms with E-state index in [1.807, 2.05) is 44.4 Å². The van der Waals surface area contributed by atoms with Crippen LogP contribution in [0.5, 0.6) is 0 Å². The van der Waals surface area contributed by atoms with Crippen LogP contribution >= 0.6 is 0 Å². The summed E-state index contributed by atoms with van der Waals surface area (Å²) >= 11 is 0. The summed E-state index contributed by atoms with van der Waals surface area (Å²) in [6, 6.07) is 11.4. The van der Waals surface area contributed by atoms with Crippen molar-refractivity contribution in [1.29, 1.82) is 0 Å². The molecule has 0 fully saturated rings. The number of hydrogen-bond donors (Lipinski definition) is 2. The summed E-state index contributed by atoms with van der Waals surface area (Å²) in [5.41, 5.74) is 6.85. The number of rotatable bonds is 7. The molecule has 1 heterocycles. The predicted octanol–water partition coefficient (Wildman–Crippen LogP) is 1.77. The number of nitrogens with two attached hydrogens (primary N) is 1. The summed E-state index contributed by atoms with van der Waals surface area (Å²) in [5, 5.41) is 3.38. The first-order valence-electron chi connectivity index (χ1n) is 6.87. The van der Waals surface area contributed by atoms with Crippen molar-refractivity contribution in [2.45, 2.75) is 12.6 Å². The van der Waals surface area contributed by atoms with Gasteiger partial charge < -0.3 is 15.5 Å². The molecule has 1 atom stereocenters. The first kappa shape index (κ1) is 15.3. The van der Waals surface area contributed by atoms with E-state index in [4.69, 9.17) is 10.2 Å². The molecule has 0 aliphatic heterocycles. The number of likely N-dealkylation sites (N-methyl/N-ethyl adjacent to an activating group) is 1. The van der Waals surface area contributed by atoms with Gasteiger partial charge in [-0.15, -0.1) is 0 Å². The van der Waals surface area contributed by atoms with Crippen LogP contribution in [0.2, 0.25) is 0 Å². The largest absolute Gasteiger partial charge is 0.468 e. The van der Waals surface area contributed by atoms with Crippen LogP contribution in [0, 0.1) is 0 Å². The van der Waals surface area contributed by atoms with Crippen LogP contribution < -0.4 is 11.1 Å². The standard InChI is InChI=1S/C16H21N3O2/c1-19(2)14(15-7-4-8-21-15)11-18-10-12-5-3-6-13(9-12)16(17)20/h3-9,14,18H,10-11H2,1-2H3,(H2,17,20). The lowest BCUT2D eigenvalue weighted by atomic mass is 10.1. The number of nitrogens with one attached hydrogen (secondary N) is 1. The lowest BCUT2D eigenvalue weighted by Gasteiger charge is -2.22. The predicted molar refractivity (Wildman–Crippen MR) is 81.8 cm³/mol. The van der Waals surface area contributed by atoms with E-state index in [0.29, 0.717) is 12.1 Å². The molecule has 1 unspecified atom stereocenters. The molecule has 0 bridgehead atoms. The van der Waals surface area contributed by atoms with E-state index >= 15 is 0 Å². The van der Waals surface area contributed by atoms with Gasteiger partial charge in [-0.1, -0.05) is 12.1 Å². The second kappa shape index (κ2) is 7.06. The molecule has 1 aromatic heterocycles. The maximum atomic E-state index is 11.2. The number of benzene rings is 1. The number of carbonyl (C=O) groups is 1. The second-order valence-electron chi connectivity index (χ2n) is 5.19. The van der Waals surface area contributed by atoms with Crippen molar-refractivity contribution in [2.75, 3.05) is 20.6 Å². The molecule has 5 nitrogen and oxygen atoms in total. The number of primary amides is 1. The van der Waals surface area contributed by atoms with Crippen molar-refractivity contribution in [3.8, 4) is 0 Å². The van der Waals surface area contributed by atoms with Crippen LogP contribution in [0.25, 0.3) is 0 Å². The van der Waals surface area contributed by atoms with Gasteiger partial charge in [0.1, 0.15) is 5.76 Å². The molecule has 2 rings (SSSR count). The van der Waals surface area contributed by atoms with Gasteiger partial charge >= 0.3 is 0 Å². The number of carbonyl (C=O) groups excluding carboxylic acids is 1. The number of hydrogen-bond acceptors (Lipinski definition) is 4. The van der Waals surface area contributed by atoms with Gasteiger partial charge in [0.15, 0.2) is 0 Å². The van der Waals surface area contributed by atoms with Gasteiger partial charge in [0.2, 0.25) is 5.91 Å². The van der Waals surface area contributed by atoms with Crippen molar-refractivity contribution >= 4 is 5.91 Å². The van der Waals surface area contributed by atoms with E-state index in [1.54, 1.807) is 12.3 Å². The van der Waals surface area contributed by atoms with E-state index in [1.165, 1.54) is 0 Å². The third-order valence-corrected chi connectivity index (χ3v) is 3.37. The molecule has 1 aromatic carbocycles. The Kier molecular flexibility index (Phi) is 5.14. The zero-order chi connectivity index (χ0) is 15.2. The minimum absolute atomic E-state index is 0.166. The van der Waals surface area contributed by atoms with Crippen molar-refractivity contribution in [2.24, 2.45) is 5.73 Å². The van der Waals surface area contributed by atoms with Crippen LogP contribution in [0.4, 0.5) is 0 Å². The summed E-state index contributed by atoms with van der Waals surface area (Å²) in [6.07, 6.45) is 1.68. The Bertz CT molecular complexity index is 579. The zero-order valence-corrected chi connectivity index (χ0v) is 12.4. The van der Waals surface area contributed by atoms with E-state index in [0.717, 1.165) is 17.9 Å². The Balaban J connectivity index is 1.93. The highest BCUT2D eigenvalue weighted by Crippen LogP contribution is 2.17. The SMILES string of the molecule is CN(C)C(CNCc1cccc(C(N)=O)c1)c1ccco1. The van der Waals surface area contributed by atoms with Crippen molar-refractivity contribution in [3.63, 3.8) is 0 Å². The van der Waals surface area contributed by atoms with Gasteiger partial charge in [-0.05, 0) is 43.9 Å². The Morgan fingerprint density at radius 1 is 1.33 bits per heavy atom. The molecule has 21 heavy (non-hydrogen) atoms. The summed E-state index contributed by atoms with van der Waals surface area (Å²) in [7, 11) is 4.03. The Hall–Kier alpha value is -2.11. The molecule has 0 aliphatic carbocycles. The van der Waals surface area contributed by atoms with Gasteiger partial charge in [0, 0.05) is 18.7 Å². The third-order valence-electron chi connectivity index (χ3n) is 3.37. The minimum Gasteiger partial charge on any atom is -0.468 e. The highest BCUT2D eigenvalue weighted by atomic mass is 16.3. The van der Waals surface area contributed by atoms with Crippen LogP contribution in [-0.4, -0.2) is 31.4 Å². The first-order chi connectivity index (χ1) is 10.1. The molecular weight excluding hydrogens is 266 g/mol. The molecule has 0 aliphatic rings. The highest BCUT2D eigenvalue weighted by Gasteiger charge is 2.16. The summed E-state index contributed by atoms with van der Waals surface area (Å²) in [5.74, 6) is 0.525. The smallest absolute Gasteiger partial charge is 0.248 e. The fourth-order valence-corrected chi connectivity index (χ4v) is 2.21. The van der Waals surface area contributed by atoms with Gasteiger partial charge in [-0.25, -0.2) is 0 Å².